The minimum atomic E-state index is -0.0140. The number of carbonyl (C=O) groups is 2. The van der Waals surface area contributed by atoms with Crippen molar-refractivity contribution in [2.75, 3.05) is 36.8 Å². The molecular weight excluding hydrogens is 440 g/mol. The fourth-order valence-electron chi connectivity index (χ4n) is 4.18. The number of nitrogens with one attached hydrogen (secondary N) is 1. The fraction of sp³-hybridized carbons (Fsp3) is 0.381. The molecule has 1 amide bonds. The second kappa shape index (κ2) is 7.90. The summed E-state index contributed by atoms with van der Waals surface area (Å²) in [6.07, 6.45) is 0. The number of halogens is 1. The van der Waals surface area contributed by atoms with E-state index in [4.69, 9.17) is 11.6 Å². The van der Waals surface area contributed by atoms with Gasteiger partial charge >= 0.3 is 0 Å². The second-order valence-electron chi connectivity index (χ2n) is 7.69. The Morgan fingerprint density at radius 1 is 1.17 bits per heavy atom. The summed E-state index contributed by atoms with van der Waals surface area (Å²) >= 11 is 9.25. The molecule has 9 heteroatoms. The standard InChI is InChI=1S/C21H21ClN4O2S2/c1-12(27)17-10-15-18-16(11-29-21(15)30-17)19(24-23-18)20(28)26-8-6-25(7-9-26)14-4-2-13(22)3-5-14/h2-5,10,16,18,23H,6-9,11H2,1H3. The minimum Gasteiger partial charge on any atom is -0.368 e. The van der Waals surface area contributed by atoms with Gasteiger partial charge in [0.1, 0.15) is 5.71 Å². The molecule has 3 aliphatic heterocycles. The van der Waals surface area contributed by atoms with Gasteiger partial charge in [-0.15, -0.1) is 23.1 Å². The number of hydrazone groups is 1. The molecule has 4 heterocycles. The average Bonchev–Trinajstić information content (AvgIpc) is 3.38. The number of nitrogens with zero attached hydrogens (tertiary/aromatic N) is 3. The molecule has 2 aromatic rings. The maximum atomic E-state index is 13.2. The summed E-state index contributed by atoms with van der Waals surface area (Å²) in [5.74, 6) is 0.952. The Morgan fingerprint density at radius 2 is 1.90 bits per heavy atom. The summed E-state index contributed by atoms with van der Waals surface area (Å²) in [4.78, 5) is 29.9. The van der Waals surface area contributed by atoms with Crippen LogP contribution in [-0.4, -0.2) is 54.2 Å². The van der Waals surface area contributed by atoms with Gasteiger partial charge in [-0.05, 0) is 37.3 Å². The third kappa shape index (κ3) is 3.50. The zero-order valence-electron chi connectivity index (χ0n) is 16.4. The first-order valence-corrected chi connectivity index (χ1v) is 12.1. The zero-order valence-corrected chi connectivity index (χ0v) is 18.8. The number of thioether (sulfide) groups is 1. The first-order chi connectivity index (χ1) is 14.5. The van der Waals surface area contributed by atoms with Gasteiger partial charge in [-0.1, -0.05) is 11.6 Å². The van der Waals surface area contributed by atoms with Gasteiger partial charge in [0.15, 0.2) is 5.78 Å². The molecule has 30 heavy (non-hydrogen) atoms. The quantitative estimate of drug-likeness (QED) is 0.708. The van der Waals surface area contributed by atoms with Crippen LogP contribution in [0.1, 0.15) is 28.2 Å². The summed E-state index contributed by atoms with van der Waals surface area (Å²) in [5.41, 5.74) is 6.02. The number of benzene rings is 1. The van der Waals surface area contributed by atoms with E-state index in [2.05, 4.69) is 15.4 Å². The van der Waals surface area contributed by atoms with E-state index in [1.807, 2.05) is 35.2 Å². The maximum Gasteiger partial charge on any atom is 0.270 e. The van der Waals surface area contributed by atoms with Crippen molar-refractivity contribution in [2.24, 2.45) is 11.0 Å². The lowest BCUT2D eigenvalue weighted by Gasteiger charge is -2.36. The van der Waals surface area contributed by atoms with Gasteiger partial charge in [-0.2, -0.15) is 5.10 Å². The molecule has 2 atom stereocenters. The Hall–Kier alpha value is -2.03. The topological polar surface area (TPSA) is 65.0 Å². The van der Waals surface area contributed by atoms with Crippen molar-refractivity contribution in [1.29, 1.82) is 0 Å². The molecule has 1 N–H and O–H groups in total. The molecule has 0 saturated carbocycles. The van der Waals surface area contributed by atoms with Gasteiger partial charge in [0.2, 0.25) is 0 Å². The number of thiophene rings is 1. The van der Waals surface area contributed by atoms with E-state index in [0.29, 0.717) is 18.8 Å². The molecule has 5 rings (SSSR count). The Morgan fingerprint density at radius 3 is 2.60 bits per heavy atom. The number of hydrogen-bond donors (Lipinski definition) is 1. The van der Waals surface area contributed by atoms with E-state index < -0.39 is 0 Å². The van der Waals surface area contributed by atoms with Gasteiger partial charge in [-0.3, -0.25) is 9.59 Å². The van der Waals surface area contributed by atoms with E-state index >= 15 is 0 Å². The number of piperazine rings is 1. The first kappa shape index (κ1) is 19.9. The number of hydrogen-bond acceptors (Lipinski definition) is 7. The lowest BCUT2D eigenvalue weighted by molar-refractivity contribution is -0.124. The molecule has 1 aromatic heterocycles. The summed E-state index contributed by atoms with van der Waals surface area (Å²) in [6, 6.07) is 9.77. The molecule has 156 valence electrons. The molecule has 6 nitrogen and oxygen atoms in total. The number of fused-ring (bicyclic) bond motifs is 3. The van der Waals surface area contributed by atoms with Gasteiger partial charge in [0.25, 0.3) is 5.91 Å². The van der Waals surface area contributed by atoms with Crippen molar-refractivity contribution < 1.29 is 9.59 Å². The molecule has 1 fully saturated rings. The van der Waals surface area contributed by atoms with Gasteiger partial charge < -0.3 is 15.2 Å². The summed E-state index contributed by atoms with van der Waals surface area (Å²) in [5, 5.41) is 5.17. The summed E-state index contributed by atoms with van der Waals surface area (Å²) in [6.45, 7) is 4.50. The predicted octanol–water partition coefficient (Wildman–Crippen LogP) is 3.68. The van der Waals surface area contributed by atoms with E-state index in [0.717, 1.165) is 44.2 Å². The lowest BCUT2D eigenvalue weighted by atomic mass is 9.92. The highest BCUT2D eigenvalue weighted by Gasteiger charge is 2.43. The number of anilines is 1. The number of ketones is 1. The Bertz CT molecular complexity index is 1030. The van der Waals surface area contributed by atoms with Crippen molar-refractivity contribution in [3.05, 3.63) is 45.8 Å². The van der Waals surface area contributed by atoms with Crippen molar-refractivity contribution in [2.45, 2.75) is 17.2 Å². The molecule has 1 aromatic carbocycles. The third-order valence-electron chi connectivity index (χ3n) is 5.86. The number of rotatable bonds is 3. The Kier molecular flexibility index (Phi) is 5.24. The highest BCUT2D eigenvalue weighted by atomic mass is 35.5. The molecule has 0 spiro atoms. The van der Waals surface area contributed by atoms with Crippen molar-refractivity contribution in [1.82, 2.24) is 10.3 Å². The predicted molar refractivity (Wildman–Crippen MR) is 122 cm³/mol. The van der Waals surface area contributed by atoms with Crippen molar-refractivity contribution in [3.63, 3.8) is 0 Å². The monoisotopic (exact) mass is 460 g/mol. The van der Waals surface area contributed by atoms with Crippen LogP contribution in [0.2, 0.25) is 5.02 Å². The van der Waals surface area contributed by atoms with Crippen molar-refractivity contribution >= 4 is 57.8 Å². The zero-order chi connectivity index (χ0) is 20.8. The molecule has 0 bridgehead atoms. The second-order valence-corrected chi connectivity index (χ2v) is 10.5. The summed E-state index contributed by atoms with van der Waals surface area (Å²) < 4.78 is 1.16. The van der Waals surface area contributed by atoms with Crippen LogP contribution in [0.25, 0.3) is 0 Å². The van der Waals surface area contributed by atoms with Crippen LogP contribution in [0.4, 0.5) is 5.69 Å². The molecule has 2 unspecified atom stereocenters. The SMILES string of the molecule is CC(=O)c1cc2c(s1)SCC1C(C(=O)N3CCN(c4ccc(Cl)cc4)CC3)=NNC21. The molecule has 0 radical (unpaired) electrons. The maximum absolute atomic E-state index is 13.2. The molecule has 3 aliphatic rings. The van der Waals surface area contributed by atoms with Crippen LogP contribution in [0.3, 0.4) is 0 Å². The van der Waals surface area contributed by atoms with Gasteiger partial charge in [-0.25, -0.2) is 0 Å². The van der Waals surface area contributed by atoms with Crippen LogP contribution < -0.4 is 10.3 Å². The molecule has 0 aliphatic carbocycles. The van der Waals surface area contributed by atoms with E-state index in [1.54, 1.807) is 30.0 Å². The van der Waals surface area contributed by atoms with Crippen molar-refractivity contribution in [3.8, 4) is 0 Å². The Balaban J connectivity index is 1.25. The largest absolute Gasteiger partial charge is 0.368 e. The van der Waals surface area contributed by atoms with Crippen LogP contribution in [0.5, 0.6) is 0 Å². The highest BCUT2D eigenvalue weighted by molar-refractivity contribution is 8.01. The third-order valence-corrected chi connectivity index (χ3v) is 8.78. The fourth-order valence-corrected chi connectivity index (χ4v) is 6.88. The highest BCUT2D eigenvalue weighted by Crippen LogP contribution is 2.46. The Labute approximate surface area is 188 Å². The average molecular weight is 461 g/mol. The smallest absolute Gasteiger partial charge is 0.270 e. The summed E-state index contributed by atoms with van der Waals surface area (Å²) in [7, 11) is 0. The van der Waals surface area contributed by atoms with E-state index in [9.17, 15) is 9.59 Å². The van der Waals surface area contributed by atoms with Crippen LogP contribution in [0, 0.1) is 5.92 Å². The lowest BCUT2D eigenvalue weighted by Crippen LogP contribution is -2.51. The number of amides is 1. The van der Waals surface area contributed by atoms with E-state index in [1.165, 1.54) is 0 Å². The minimum absolute atomic E-state index is 0.0140. The first-order valence-electron chi connectivity index (χ1n) is 9.91. The normalized spacial score (nSPS) is 22.8. The molecular formula is C21H21ClN4O2S2. The van der Waals surface area contributed by atoms with Gasteiger partial charge in [0.05, 0.1) is 15.1 Å². The molecule has 1 saturated heterocycles. The van der Waals surface area contributed by atoms with Crippen LogP contribution in [-0.2, 0) is 4.79 Å². The number of carbonyl (C=O) groups excluding carboxylic acids is 2. The van der Waals surface area contributed by atoms with E-state index in [-0.39, 0.29) is 23.7 Å². The van der Waals surface area contributed by atoms with Gasteiger partial charge in [0, 0.05) is 54.1 Å². The number of Topliss-reactive ketones (excluding diaryl/α,β-unsaturated/α-hetero) is 1. The van der Waals surface area contributed by atoms with Crippen LogP contribution >= 0.6 is 34.7 Å². The van der Waals surface area contributed by atoms with Crippen LogP contribution in [0.15, 0.2) is 39.6 Å².